The minimum Gasteiger partial charge on any atom is -0.310 e. The Morgan fingerprint density at radius 3 is 2.68 bits per heavy atom. The lowest BCUT2D eigenvalue weighted by Crippen LogP contribution is -3.04. The van der Waals surface area contributed by atoms with Crippen LogP contribution < -0.4 is 21.5 Å². The molecule has 0 aliphatic carbocycles. The number of quaternary nitrogens is 1. The zero-order valence-corrected chi connectivity index (χ0v) is 12.1. The fourth-order valence-corrected chi connectivity index (χ4v) is 2.39. The quantitative estimate of drug-likeness (QED) is 0.471. The predicted molar refractivity (Wildman–Crippen MR) is 76.9 cm³/mol. The molecule has 7 heteroatoms. The number of carbonyl (C=O) groups is 1. The van der Waals surface area contributed by atoms with Gasteiger partial charge in [-0.25, -0.2) is 0 Å². The van der Waals surface area contributed by atoms with Crippen LogP contribution in [0.5, 0.6) is 0 Å². The number of hydrazine groups is 1. The highest BCUT2D eigenvalue weighted by Gasteiger charge is 2.39. The Labute approximate surface area is 121 Å². The smallest absolute Gasteiger partial charge is 0.297 e. The minimum absolute atomic E-state index is 0.208. The summed E-state index contributed by atoms with van der Waals surface area (Å²) in [5.41, 5.74) is 7.27. The van der Waals surface area contributed by atoms with Crippen LogP contribution >= 0.6 is 23.4 Å². The number of hydrogen-bond donors (Lipinski definition) is 4. The first-order valence-corrected chi connectivity index (χ1v) is 7.33. The molecule has 0 saturated carbocycles. The van der Waals surface area contributed by atoms with E-state index >= 15 is 0 Å². The molecule has 102 valence electrons. The fraction of sp³-hybridized carbons (Fsp3) is 0.250. The van der Waals surface area contributed by atoms with Crippen molar-refractivity contribution in [1.82, 2.24) is 16.2 Å². The van der Waals surface area contributed by atoms with Gasteiger partial charge in [0.05, 0.1) is 0 Å². The second kappa shape index (κ2) is 5.83. The fourth-order valence-electron chi connectivity index (χ4n) is 1.67. The van der Waals surface area contributed by atoms with Crippen LogP contribution in [0, 0.1) is 0 Å². The molecular formula is C12H16ClN4OS+. The van der Waals surface area contributed by atoms with Crippen molar-refractivity contribution >= 4 is 29.3 Å². The average molecular weight is 300 g/mol. The highest BCUT2D eigenvalue weighted by atomic mass is 35.5. The van der Waals surface area contributed by atoms with E-state index in [4.69, 9.17) is 11.6 Å². The molecule has 0 bridgehead atoms. The number of carbonyl (C=O) groups excluding carboxylic acids is 1. The third kappa shape index (κ3) is 3.42. The molecule has 1 aliphatic rings. The van der Waals surface area contributed by atoms with E-state index in [2.05, 4.69) is 22.7 Å². The van der Waals surface area contributed by atoms with Gasteiger partial charge in [0, 0.05) is 10.6 Å². The molecule has 1 fully saturated rings. The van der Waals surface area contributed by atoms with Crippen LogP contribution in [0.15, 0.2) is 36.5 Å². The molecule has 2 rings (SSSR count). The first kappa shape index (κ1) is 14.2. The highest BCUT2D eigenvalue weighted by molar-refractivity contribution is 7.99. The summed E-state index contributed by atoms with van der Waals surface area (Å²) < 4.78 is 0. The summed E-state index contributed by atoms with van der Waals surface area (Å²) in [5.74, 6) is -0.208. The van der Waals surface area contributed by atoms with Crippen LogP contribution in [0.3, 0.4) is 0 Å². The minimum atomic E-state index is -0.641. The first-order chi connectivity index (χ1) is 9.04. The van der Waals surface area contributed by atoms with Crippen molar-refractivity contribution in [2.75, 3.05) is 6.26 Å². The number of rotatable bonds is 4. The number of hydrogen-bond acceptors (Lipinski definition) is 4. The van der Waals surface area contributed by atoms with Crippen molar-refractivity contribution in [3.63, 3.8) is 0 Å². The molecule has 0 radical (unpaired) electrons. The van der Waals surface area contributed by atoms with Crippen LogP contribution in [0.1, 0.15) is 5.56 Å². The average Bonchev–Trinajstić information content (AvgIpc) is 2.42. The van der Waals surface area contributed by atoms with Gasteiger partial charge in [-0.15, -0.1) is 0 Å². The van der Waals surface area contributed by atoms with E-state index in [-0.39, 0.29) is 5.91 Å². The molecule has 1 aromatic carbocycles. The van der Waals surface area contributed by atoms with Crippen LogP contribution in [0.4, 0.5) is 0 Å². The Kier molecular flexibility index (Phi) is 4.36. The van der Waals surface area contributed by atoms with Gasteiger partial charge in [0.1, 0.15) is 12.2 Å². The van der Waals surface area contributed by atoms with Gasteiger partial charge in [0.15, 0.2) is 0 Å². The zero-order chi connectivity index (χ0) is 13.9. The molecular weight excluding hydrogens is 284 g/mol. The van der Waals surface area contributed by atoms with Crippen LogP contribution in [-0.4, -0.2) is 17.3 Å². The van der Waals surface area contributed by atoms with Gasteiger partial charge in [-0.3, -0.25) is 15.4 Å². The maximum atomic E-state index is 11.7. The lowest BCUT2D eigenvalue weighted by molar-refractivity contribution is -0.728. The van der Waals surface area contributed by atoms with Gasteiger partial charge in [-0.2, -0.15) is 5.43 Å². The molecule has 1 aromatic rings. The summed E-state index contributed by atoms with van der Waals surface area (Å²) in [5, 5.41) is 4.95. The van der Waals surface area contributed by atoms with E-state index in [9.17, 15) is 4.79 Å². The van der Waals surface area contributed by atoms with Crippen LogP contribution in [0.25, 0.3) is 0 Å². The third-order valence-electron chi connectivity index (χ3n) is 2.83. The number of benzene rings is 1. The molecule has 1 aliphatic heterocycles. The predicted octanol–water partition coefficient (Wildman–Crippen LogP) is 0.115. The maximum Gasteiger partial charge on any atom is 0.297 e. The molecule has 5 nitrogen and oxygen atoms in total. The summed E-state index contributed by atoms with van der Waals surface area (Å²) in [6, 6.07) is 7.63. The summed E-state index contributed by atoms with van der Waals surface area (Å²) in [6.07, 6.45) is 1.92. The van der Waals surface area contributed by atoms with Crippen molar-refractivity contribution in [1.29, 1.82) is 0 Å². The maximum absolute atomic E-state index is 11.7. The molecule has 1 saturated heterocycles. The third-order valence-corrected chi connectivity index (χ3v) is 4.10. The van der Waals surface area contributed by atoms with Gasteiger partial charge in [-0.1, -0.05) is 42.1 Å². The normalized spacial score (nSPS) is 22.8. The Hall–Kier alpha value is -1.21. The summed E-state index contributed by atoms with van der Waals surface area (Å²) in [6.45, 7) is 4.31. The molecule has 0 aromatic heterocycles. The Morgan fingerprint density at radius 1 is 1.42 bits per heavy atom. The van der Waals surface area contributed by atoms with Gasteiger partial charge in [0.25, 0.3) is 11.0 Å². The molecule has 5 N–H and O–H groups in total. The number of thioether (sulfide) groups is 1. The zero-order valence-electron chi connectivity index (χ0n) is 10.5. The Bertz CT molecular complexity index is 493. The molecule has 1 atom stereocenters. The summed E-state index contributed by atoms with van der Waals surface area (Å²) in [7, 11) is 0. The SMILES string of the molecule is C=C1NN[C@@]([NH2+]Cc2ccc(Cl)cc2)(SC)NC1=O. The van der Waals surface area contributed by atoms with Crippen molar-refractivity contribution in [3.8, 4) is 0 Å². The number of nitrogens with one attached hydrogen (secondary N) is 3. The number of halogens is 1. The van der Waals surface area contributed by atoms with Gasteiger partial charge in [-0.05, 0) is 18.4 Å². The number of nitrogens with two attached hydrogens (primary N) is 1. The second-order valence-electron chi connectivity index (χ2n) is 4.16. The van der Waals surface area contributed by atoms with E-state index in [1.165, 1.54) is 11.8 Å². The van der Waals surface area contributed by atoms with E-state index in [1.54, 1.807) is 0 Å². The Morgan fingerprint density at radius 2 is 2.11 bits per heavy atom. The van der Waals surface area contributed by atoms with E-state index in [0.29, 0.717) is 17.3 Å². The van der Waals surface area contributed by atoms with E-state index in [0.717, 1.165) is 5.56 Å². The van der Waals surface area contributed by atoms with Crippen LogP contribution in [0.2, 0.25) is 5.02 Å². The molecule has 0 unspecified atom stereocenters. The Balaban J connectivity index is 2.01. The molecule has 1 amide bonds. The van der Waals surface area contributed by atoms with Crippen LogP contribution in [-0.2, 0) is 11.3 Å². The molecule has 0 spiro atoms. The highest BCUT2D eigenvalue weighted by Crippen LogP contribution is 2.12. The largest absolute Gasteiger partial charge is 0.310 e. The number of amides is 1. The second-order valence-corrected chi connectivity index (χ2v) is 5.65. The summed E-state index contributed by atoms with van der Waals surface area (Å²) >= 11 is 7.34. The first-order valence-electron chi connectivity index (χ1n) is 5.73. The lowest BCUT2D eigenvalue weighted by Gasteiger charge is -2.35. The lowest BCUT2D eigenvalue weighted by atomic mass is 10.2. The van der Waals surface area contributed by atoms with E-state index in [1.807, 2.05) is 35.8 Å². The molecule has 1 heterocycles. The monoisotopic (exact) mass is 299 g/mol. The van der Waals surface area contributed by atoms with E-state index < -0.39 is 5.12 Å². The van der Waals surface area contributed by atoms with Crippen molar-refractivity contribution in [2.45, 2.75) is 11.7 Å². The standard InChI is InChI=1S/C12H15ClN4OS/c1-8-11(18)15-12(19-2,17-16-8)14-7-9-3-5-10(13)6-4-9/h3-6,14,16-17H,1,7H2,2H3,(H,15,18)/p+1/t12-/m0/s1. The van der Waals surface area contributed by atoms with Crippen molar-refractivity contribution in [2.24, 2.45) is 0 Å². The van der Waals surface area contributed by atoms with Gasteiger partial charge < -0.3 is 5.43 Å². The van der Waals surface area contributed by atoms with Crippen molar-refractivity contribution in [3.05, 3.63) is 47.1 Å². The topological polar surface area (TPSA) is 69.8 Å². The van der Waals surface area contributed by atoms with Gasteiger partial charge >= 0.3 is 0 Å². The van der Waals surface area contributed by atoms with Crippen molar-refractivity contribution < 1.29 is 10.1 Å². The van der Waals surface area contributed by atoms with Gasteiger partial charge in [0.2, 0.25) is 0 Å². The summed E-state index contributed by atoms with van der Waals surface area (Å²) in [4.78, 5) is 11.7. The molecule has 19 heavy (non-hydrogen) atoms.